The molecule has 2 unspecified atom stereocenters. The number of carbonyl (C=O) groups is 1. The van der Waals surface area contributed by atoms with Crippen LogP contribution in [0.1, 0.15) is 17.9 Å². The van der Waals surface area contributed by atoms with E-state index >= 15 is 0 Å². The molecule has 1 aromatic carbocycles. The number of amides is 1. The molecule has 0 radical (unpaired) electrons. The molecule has 0 saturated heterocycles. The first-order chi connectivity index (χ1) is 7.22. The Labute approximate surface area is 88.6 Å². The summed E-state index contributed by atoms with van der Waals surface area (Å²) in [5.74, 6) is 1.81. The van der Waals surface area contributed by atoms with Crippen LogP contribution in [-0.4, -0.2) is 20.1 Å². The van der Waals surface area contributed by atoms with E-state index in [0.29, 0.717) is 5.92 Å². The summed E-state index contributed by atoms with van der Waals surface area (Å²) in [5, 5.41) is 0. The normalized spacial score (nSPS) is 27.1. The van der Waals surface area contributed by atoms with Crippen LogP contribution in [0.2, 0.25) is 0 Å². The van der Waals surface area contributed by atoms with Crippen LogP contribution in [0.3, 0.4) is 0 Å². The van der Waals surface area contributed by atoms with Gasteiger partial charge in [0.2, 0.25) is 5.91 Å². The van der Waals surface area contributed by atoms with E-state index in [9.17, 15) is 4.79 Å². The molecule has 0 bridgehead atoms. The molecule has 1 aromatic rings. The van der Waals surface area contributed by atoms with Gasteiger partial charge in [0.15, 0.2) is 0 Å². The van der Waals surface area contributed by atoms with Gasteiger partial charge in [0.25, 0.3) is 0 Å². The van der Waals surface area contributed by atoms with Gasteiger partial charge in [-0.1, -0.05) is 0 Å². The number of rotatable bonds is 1. The van der Waals surface area contributed by atoms with Crippen molar-refractivity contribution in [3.63, 3.8) is 0 Å². The molecular weight excluding hydrogens is 190 g/mol. The number of anilines is 1. The first-order valence-corrected chi connectivity index (χ1v) is 5.18. The average molecular weight is 203 g/mol. The second kappa shape index (κ2) is 2.75. The summed E-state index contributed by atoms with van der Waals surface area (Å²) < 4.78 is 5.21. The summed E-state index contributed by atoms with van der Waals surface area (Å²) >= 11 is 0. The van der Waals surface area contributed by atoms with E-state index in [1.54, 1.807) is 12.0 Å². The van der Waals surface area contributed by atoms with E-state index in [1.165, 1.54) is 5.56 Å². The van der Waals surface area contributed by atoms with Gasteiger partial charge in [0.05, 0.1) is 7.11 Å². The minimum absolute atomic E-state index is 0.231. The van der Waals surface area contributed by atoms with E-state index in [-0.39, 0.29) is 11.8 Å². The minimum atomic E-state index is 0.231. The minimum Gasteiger partial charge on any atom is -0.497 e. The molecular formula is C12H13NO2. The van der Waals surface area contributed by atoms with Crippen LogP contribution < -0.4 is 9.64 Å². The molecule has 2 atom stereocenters. The maximum absolute atomic E-state index is 11.8. The number of ether oxygens (including phenoxy) is 1. The Hall–Kier alpha value is -1.51. The lowest BCUT2D eigenvalue weighted by Crippen LogP contribution is -2.31. The van der Waals surface area contributed by atoms with Gasteiger partial charge < -0.3 is 9.64 Å². The lowest BCUT2D eigenvalue weighted by molar-refractivity contribution is -0.119. The fraction of sp³-hybridized carbons (Fsp3) is 0.417. The van der Waals surface area contributed by atoms with Crippen molar-refractivity contribution in [2.24, 2.45) is 5.92 Å². The van der Waals surface area contributed by atoms with Crippen LogP contribution in [-0.2, 0) is 4.79 Å². The van der Waals surface area contributed by atoms with Gasteiger partial charge in [-0.2, -0.15) is 0 Å². The Morgan fingerprint density at radius 1 is 1.40 bits per heavy atom. The van der Waals surface area contributed by atoms with Crippen molar-refractivity contribution in [3.8, 4) is 5.75 Å². The van der Waals surface area contributed by atoms with E-state index in [4.69, 9.17) is 4.74 Å². The van der Waals surface area contributed by atoms with Gasteiger partial charge in [-0.05, 0) is 36.1 Å². The van der Waals surface area contributed by atoms with Crippen LogP contribution >= 0.6 is 0 Å². The smallest absolute Gasteiger partial charge is 0.230 e. The monoisotopic (exact) mass is 203 g/mol. The molecule has 2 aliphatic rings. The number of methoxy groups -OCH3 is 1. The van der Waals surface area contributed by atoms with Gasteiger partial charge in [0, 0.05) is 18.7 Å². The topological polar surface area (TPSA) is 29.5 Å². The highest BCUT2D eigenvalue weighted by Gasteiger charge is 2.50. The summed E-state index contributed by atoms with van der Waals surface area (Å²) in [4.78, 5) is 13.5. The summed E-state index contributed by atoms with van der Waals surface area (Å²) in [6.45, 7) is 0. The van der Waals surface area contributed by atoms with Crippen LogP contribution in [0.4, 0.5) is 5.69 Å². The standard InChI is InChI=1S/C12H13NO2/c1-13-11-4-3-7(15-2)5-9(11)8-6-10(8)12(13)14/h3-5,8,10H,6H2,1-2H3. The van der Waals surface area contributed by atoms with Crippen molar-refractivity contribution < 1.29 is 9.53 Å². The van der Waals surface area contributed by atoms with Crippen LogP contribution in [0.5, 0.6) is 5.75 Å². The fourth-order valence-corrected chi connectivity index (χ4v) is 2.44. The molecule has 1 fully saturated rings. The predicted molar refractivity (Wildman–Crippen MR) is 57.3 cm³/mol. The zero-order chi connectivity index (χ0) is 10.6. The Balaban J connectivity index is 2.12. The molecule has 3 nitrogen and oxygen atoms in total. The lowest BCUT2D eigenvalue weighted by atomic mass is 10.0. The second-order valence-corrected chi connectivity index (χ2v) is 4.27. The average Bonchev–Trinajstić information content (AvgIpc) is 3.05. The van der Waals surface area contributed by atoms with Crippen molar-refractivity contribution in [2.45, 2.75) is 12.3 Å². The highest BCUT2D eigenvalue weighted by atomic mass is 16.5. The van der Waals surface area contributed by atoms with Crippen LogP contribution in [0.15, 0.2) is 18.2 Å². The van der Waals surface area contributed by atoms with Crippen LogP contribution in [0.25, 0.3) is 0 Å². The molecule has 0 aromatic heterocycles. The van der Waals surface area contributed by atoms with E-state index in [1.807, 2.05) is 19.2 Å². The predicted octanol–water partition coefficient (Wildman–Crippen LogP) is 1.78. The fourth-order valence-electron chi connectivity index (χ4n) is 2.44. The molecule has 3 rings (SSSR count). The Morgan fingerprint density at radius 2 is 2.20 bits per heavy atom. The Morgan fingerprint density at radius 3 is 2.93 bits per heavy atom. The largest absolute Gasteiger partial charge is 0.497 e. The zero-order valence-electron chi connectivity index (χ0n) is 8.86. The third-order valence-corrected chi connectivity index (χ3v) is 3.43. The molecule has 0 N–H and O–H groups in total. The maximum Gasteiger partial charge on any atom is 0.230 e. The summed E-state index contributed by atoms with van der Waals surface area (Å²) in [6.07, 6.45) is 1.00. The summed E-state index contributed by atoms with van der Waals surface area (Å²) in [6, 6.07) is 5.94. The number of benzene rings is 1. The first kappa shape index (κ1) is 8.77. The van der Waals surface area contributed by atoms with Crippen molar-refractivity contribution >= 4 is 11.6 Å². The number of fused-ring (bicyclic) bond motifs is 3. The van der Waals surface area contributed by atoms with Crippen LogP contribution in [0, 0.1) is 5.92 Å². The van der Waals surface area contributed by atoms with Crippen molar-refractivity contribution in [1.82, 2.24) is 0 Å². The van der Waals surface area contributed by atoms with Gasteiger partial charge in [-0.25, -0.2) is 0 Å². The molecule has 1 heterocycles. The zero-order valence-corrected chi connectivity index (χ0v) is 8.86. The number of hydrogen-bond donors (Lipinski definition) is 0. The Kier molecular flexibility index (Phi) is 1.61. The van der Waals surface area contributed by atoms with Crippen molar-refractivity contribution in [1.29, 1.82) is 0 Å². The second-order valence-electron chi connectivity index (χ2n) is 4.27. The maximum atomic E-state index is 11.8. The highest BCUT2D eigenvalue weighted by molar-refractivity contribution is 6.01. The van der Waals surface area contributed by atoms with E-state index < -0.39 is 0 Å². The summed E-state index contributed by atoms with van der Waals surface area (Å²) in [5.41, 5.74) is 2.31. The molecule has 1 saturated carbocycles. The SMILES string of the molecule is COc1ccc2c(c1)C1CC1C(=O)N2C. The molecule has 1 amide bonds. The van der Waals surface area contributed by atoms with Gasteiger partial charge in [-0.15, -0.1) is 0 Å². The van der Waals surface area contributed by atoms with Gasteiger partial charge >= 0.3 is 0 Å². The molecule has 15 heavy (non-hydrogen) atoms. The quantitative estimate of drug-likeness (QED) is 0.696. The molecule has 3 heteroatoms. The van der Waals surface area contributed by atoms with Gasteiger partial charge in [0.1, 0.15) is 5.75 Å². The lowest BCUT2D eigenvalue weighted by Gasteiger charge is -2.25. The molecule has 0 spiro atoms. The number of nitrogens with zero attached hydrogens (tertiary/aromatic N) is 1. The summed E-state index contributed by atoms with van der Waals surface area (Å²) in [7, 11) is 3.52. The van der Waals surface area contributed by atoms with Gasteiger partial charge in [-0.3, -0.25) is 4.79 Å². The molecule has 1 aliphatic heterocycles. The first-order valence-electron chi connectivity index (χ1n) is 5.18. The highest BCUT2D eigenvalue weighted by Crippen LogP contribution is 2.55. The van der Waals surface area contributed by atoms with E-state index in [0.717, 1.165) is 17.9 Å². The Bertz CT molecular complexity index is 441. The molecule has 1 aliphatic carbocycles. The number of hydrogen-bond acceptors (Lipinski definition) is 2. The van der Waals surface area contributed by atoms with Crippen molar-refractivity contribution in [3.05, 3.63) is 23.8 Å². The van der Waals surface area contributed by atoms with Crippen molar-refractivity contribution in [2.75, 3.05) is 19.1 Å². The van der Waals surface area contributed by atoms with E-state index in [2.05, 4.69) is 6.07 Å². The third kappa shape index (κ3) is 1.09. The number of carbonyl (C=O) groups excluding carboxylic acids is 1. The molecule has 78 valence electrons. The third-order valence-electron chi connectivity index (χ3n) is 3.43.